The van der Waals surface area contributed by atoms with Crippen LogP contribution in [0.2, 0.25) is 5.02 Å². The van der Waals surface area contributed by atoms with E-state index in [0.29, 0.717) is 13.2 Å². The van der Waals surface area contributed by atoms with Crippen LogP contribution < -0.4 is 5.32 Å². The number of hydrogen-bond donors (Lipinski definition) is 1. The van der Waals surface area contributed by atoms with E-state index >= 15 is 0 Å². The summed E-state index contributed by atoms with van der Waals surface area (Å²) in [7, 11) is 0. The first-order valence-corrected chi connectivity index (χ1v) is 7.18. The van der Waals surface area contributed by atoms with Crippen molar-refractivity contribution in [2.24, 2.45) is 0 Å². The van der Waals surface area contributed by atoms with Gasteiger partial charge in [0.15, 0.2) is 0 Å². The van der Waals surface area contributed by atoms with Crippen LogP contribution in [-0.2, 0) is 18.0 Å². The van der Waals surface area contributed by atoms with Gasteiger partial charge >= 0.3 is 0 Å². The number of anilines is 1. The highest BCUT2D eigenvalue weighted by atomic mass is 35.5. The lowest BCUT2D eigenvalue weighted by atomic mass is 10.2. The topological polar surface area (TPSA) is 34.1 Å². The Balaban J connectivity index is 1.86. The third-order valence-corrected chi connectivity index (χ3v) is 3.20. The maximum absolute atomic E-state index is 6.08. The largest absolute Gasteiger partial charge is 0.370 e. The third kappa shape index (κ3) is 4.51. The predicted octanol–water partition coefficient (Wildman–Crippen LogP) is 4.27. The normalized spacial score (nSPS) is 10.5. The molecule has 20 heavy (non-hydrogen) atoms. The Kier molecular flexibility index (Phi) is 5.84. The molecule has 2 aromatic rings. The monoisotopic (exact) mass is 290 g/mol. The molecule has 0 radical (unpaired) electrons. The van der Waals surface area contributed by atoms with Gasteiger partial charge in [0.25, 0.3) is 0 Å². The summed E-state index contributed by atoms with van der Waals surface area (Å²) in [6.45, 7) is 4.03. The van der Waals surface area contributed by atoms with Crippen molar-refractivity contribution in [3.8, 4) is 0 Å². The minimum Gasteiger partial charge on any atom is -0.370 e. The standard InChI is InChI=1S/C16H19ClN2O/c1-2-10-18-16-9-5-7-14(19-16)12-20-11-13-6-3-4-8-15(13)17/h3-9H,2,10-12H2,1H3,(H,18,19). The molecule has 4 heteroatoms. The van der Waals surface area contributed by atoms with Crippen LogP contribution in [0.3, 0.4) is 0 Å². The zero-order valence-corrected chi connectivity index (χ0v) is 12.4. The van der Waals surface area contributed by atoms with Gasteiger partial charge in [-0.25, -0.2) is 4.98 Å². The summed E-state index contributed by atoms with van der Waals surface area (Å²) >= 11 is 6.08. The fraction of sp³-hybridized carbons (Fsp3) is 0.312. The average Bonchev–Trinajstić information content (AvgIpc) is 2.48. The lowest BCUT2D eigenvalue weighted by Crippen LogP contribution is -2.04. The van der Waals surface area contributed by atoms with E-state index in [0.717, 1.165) is 35.1 Å². The smallest absolute Gasteiger partial charge is 0.126 e. The van der Waals surface area contributed by atoms with Crippen LogP contribution in [0.15, 0.2) is 42.5 Å². The van der Waals surface area contributed by atoms with E-state index in [1.165, 1.54) is 0 Å². The molecule has 1 aromatic heterocycles. The van der Waals surface area contributed by atoms with Crippen molar-refractivity contribution in [1.82, 2.24) is 4.98 Å². The number of nitrogens with one attached hydrogen (secondary N) is 1. The van der Waals surface area contributed by atoms with Crippen molar-refractivity contribution in [3.63, 3.8) is 0 Å². The highest BCUT2D eigenvalue weighted by Gasteiger charge is 2.01. The first-order valence-electron chi connectivity index (χ1n) is 6.80. The highest BCUT2D eigenvalue weighted by Crippen LogP contribution is 2.16. The molecule has 0 aliphatic carbocycles. The van der Waals surface area contributed by atoms with Gasteiger partial charge < -0.3 is 10.1 Å². The maximum Gasteiger partial charge on any atom is 0.126 e. The summed E-state index contributed by atoms with van der Waals surface area (Å²) in [5, 5.41) is 4.00. The van der Waals surface area contributed by atoms with Gasteiger partial charge in [0, 0.05) is 11.6 Å². The third-order valence-electron chi connectivity index (χ3n) is 2.83. The number of rotatable bonds is 7. The molecule has 0 saturated heterocycles. The molecule has 0 fully saturated rings. The van der Waals surface area contributed by atoms with Gasteiger partial charge in [-0.2, -0.15) is 0 Å². The average molecular weight is 291 g/mol. The molecule has 3 nitrogen and oxygen atoms in total. The Bertz CT molecular complexity index is 546. The van der Waals surface area contributed by atoms with Crippen LogP contribution in [0.5, 0.6) is 0 Å². The second-order valence-corrected chi connectivity index (χ2v) is 4.93. The lowest BCUT2D eigenvalue weighted by molar-refractivity contribution is 0.105. The quantitative estimate of drug-likeness (QED) is 0.827. The molecule has 0 atom stereocenters. The fourth-order valence-electron chi connectivity index (χ4n) is 1.79. The molecule has 0 aliphatic heterocycles. The van der Waals surface area contributed by atoms with Gasteiger partial charge in [0.1, 0.15) is 5.82 Å². The number of benzene rings is 1. The van der Waals surface area contributed by atoms with Gasteiger partial charge in [-0.3, -0.25) is 0 Å². The highest BCUT2D eigenvalue weighted by molar-refractivity contribution is 6.31. The van der Waals surface area contributed by atoms with E-state index < -0.39 is 0 Å². The Morgan fingerprint density at radius 2 is 1.95 bits per heavy atom. The number of pyridine rings is 1. The summed E-state index contributed by atoms with van der Waals surface area (Å²) in [5.74, 6) is 0.894. The molecule has 1 heterocycles. The predicted molar refractivity (Wildman–Crippen MR) is 83.0 cm³/mol. The van der Waals surface area contributed by atoms with Crippen LogP contribution in [0, 0.1) is 0 Å². The van der Waals surface area contributed by atoms with Gasteiger partial charge in [-0.05, 0) is 30.2 Å². The molecule has 0 amide bonds. The number of ether oxygens (including phenoxy) is 1. The van der Waals surface area contributed by atoms with Crippen LogP contribution in [-0.4, -0.2) is 11.5 Å². The Labute approximate surface area is 124 Å². The minimum atomic E-state index is 0.479. The van der Waals surface area contributed by atoms with E-state index in [4.69, 9.17) is 16.3 Å². The second-order valence-electron chi connectivity index (χ2n) is 4.53. The van der Waals surface area contributed by atoms with Crippen molar-refractivity contribution in [2.75, 3.05) is 11.9 Å². The van der Waals surface area contributed by atoms with Gasteiger partial charge in [-0.15, -0.1) is 0 Å². The Morgan fingerprint density at radius 1 is 1.10 bits per heavy atom. The SMILES string of the molecule is CCCNc1cccc(COCc2ccccc2Cl)n1. The van der Waals surface area contributed by atoms with Crippen molar-refractivity contribution < 1.29 is 4.74 Å². The summed E-state index contributed by atoms with van der Waals surface area (Å²) in [6, 6.07) is 13.6. The van der Waals surface area contributed by atoms with Crippen LogP contribution >= 0.6 is 11.6 Å². The fourth-order valence-corrected chi connectivity index (χ4v) is 1.98. The Hall–Kier alpha value is -1.58. The van der Waals surface area contributed by atoms with Crippen LogP contribution in [0.25, 0.3) is 0 Å². The van der Waals surface area contributed by atoms with E-state index in [9.17, 15) is 0 Å². The molecule has 0 spiro atoms. The molecule has 1 aromatic carbocycles. The van der Waals surface area contributed by atoms with Gasteiger partial charge in [-0.1, -0.05) is 42.8 Å². The van der Waals surface area contributed by atoms with Crippen molar-refractivity contribution in [2.45, 2.75) is 26.6 Å². The molecule has 0 bridgehead atoms. The molecular formula is C16H19ClN2O. The zero-order valence-electron chi connectivity index (χ0n) is 11.6. The number of nitrogens with zero attached hydrogens (tertiary/aromatic N) is 1. The first kappa shape index (κ1) is 14.8. The zero-order chi connectivity index (χ0) is 14.2. The van der Waals surface area contributed by atoms with Crippen molar-refractivity contribution >= 4 is 17.4 Å². The van der Waals surface area contributed by atoms with E-state index in [1.807, 2.05) is 42.5 Å². The molecule has 106 valence electrons. The minimum absolute atomic E-state index is 0.479. The number of aromatic nitrogens is 1. The molecular weight excluding hydrogens is 272 g/mol. The van der Waals surface area contributed by atoms with Gasteiger partial charge in [0.05, 0.1) is 18.9 Å². The van der Waals surface area contributed by atoms with E-state index in [2.05, 4.69) is 17.2 Å². The molecule has 1 N–H and O–H groups in total. The van der Waals surface area contributed by atoms with Crippen molar-refractivity contribution in [3.05, 3.63) is 58.7 Å². The summed E-state index contributed by atoms with van der Waals surface area (Å²) in [5.41, 5.74) is 1.91. The van der Waals surface area contributed by atoms with E-state index in [1.54, 1.807) is 0 Å². The van der Waals surface area contributed by atoms with Crippen molar-refractivity contribution in [1.29, 1.82) is 0 Å². The molecule has 0 aliphatic rings. The van der Waals surface area contributed by atoms with Gasteiger partial charge in [0.2, 0.25) is 0 Å². The first-order chi connectivity index (χ1) is 9.79. The molecule has 2 rings (SSSR count). The number of halogens is 1. The van der Waals surface area contributed by atoms with Crippen LogP contribution in [0.1, 0.15) is 24.6 Å². The summed E-state index contributed by atoms with van der Waals surface area (Å²) in [6.07, 6.45) is 1.08. The lowest BCUT2D eigenvalue weighted by Gasteiger charge is -2.08. The van der Waals surface area contributed by atoms with Crippen LogP contribution in [0.4, 0.5) is 5.82 Å². The maximum atomic E-state index is 6.08. The Morgan fingerprint density at radius 3 is 2.75 bits per heavy atom. The second kappa shape index (κ2) is 7.88. The molecule has 0 unspecified atom stereocenters. The summed E-state index contributed by atoms with van der Waals surface area (Å²) in [4.78, 5) is 4.49. The number of hydrogen-bond acceptors (Lipinski definition) is 3. The van der Waals surface area contributed by atoms with E-state index in [-0.39, 0.29) is 0 Å². The summed E-state index contributed by atoms with van der Waals surface area (Å²) < 4.78 is 5.67. The molecule has 0 saturated carbocycles.